The van der Waals surface area contributed by atoms with Gasteiger partial charge in [-0.1, -0.05) is 58.0 Å². The van der Waals surface area contributed by atoms with Gasteiger partial charge in [0.05, 0.1) is 11.5 Å². The molecule has 0 aliphatic heterocycles. The zero-order valence-electron chi connectivity index (χ0n) is 16.6. The van der Waals surface area contributed by atoms with Crippen LogP contribution in [-0.2, 0) is 23.9 Å². The van der Waals surface area contributed by atoms with Crippen molar-refractivity contribution in [3.8, 4) is 0 Å². The van der Waals surface area contributed by atoms with Crippen LogP contribution < -0.4 is 5.73 Å². The van der Waals surface area contributed by atoms with Gasteiger partial charge in [-0.15, -0.1) is 0 Å². The van der Waals surface area contributed by atoms with Gasteiger partial charge in [0.25, 0.3) is 0 Å². The lowest BCUT2D eigenvalue weighted by Crippen LogP contribution is -2.33. The van der Waals surface area contributed by atoms with Gasteiger partial charge >= 0.3 is 17.8 Å². The molecule has 1 aromatic heterocycles. The summed E-state index contributed by atoms with van der Waals surface area (Å²) in [4.78, 5) is 20.9. The van der Waals surface area contributed by atoms with Crippen LogP contribution >= 0.6 is 0 Å². The maximum atomic E-state index is 13.1. The number of rotatable bonds is 6. The van der Waals surface area contributed by atoms with Gasteiger partial charge in [-0.2, -0.15) is 18.3 Å². The van der Waals surface area contributed by atoms with E-state index in [2.05, 4.69) is 5.10 Å². The summed E-state index contributed by atoms with van der Waals surface area (Å²) >= 11 is 0. The summed E-state index contributed by atoms with van der Waals surface area (Å²) in [6.45, 7) is 7.80. The second-order valence-corrected chi connectivity index (χ2v) is 5.19. The molecule has 29 heavy (non-hydrogen) atoms. The Morgan fingerprint density at radius 1 is 1.24 bits per heavy atom. The minimum Gasteiger partial charge on any atom is -0.480 e. The van der Waals surface area contributed by atoms with E-state index in [1.165, 1.54) is 0 Å². The predicted molar refractivity (Wildman–Crippen MR) is 101 cm³/mol. The van der Waals surface area contributed by atoms with Crippen molar-refractivity contribution in [2.24, 2.45) is 5.73 Å². The molecule has 0 saturated heterocycles. The first kappa shape index (κ1) is 26.1. The monoisotopic (exact) mass is 418 g/mol. The molecule has 0 aliphatic carbocycles. The third-order valence-corrected chi connectivity index (χ3v) is 3.39. The molecule has 0 aliphatic rings. The molecule has 11 heteroatoms. The van der Waals surface area contributed by atoms with Crippen molar-refractivity contribution < 1.29 is 28.0 Å². The van der Waals surface area contributed by atoms with Gasteiger partial charge < -0.3 is 10.8 Å². The summed E-state index contributed by atoms with van der Waals surface area (Å²) in [6.07, 6.45) is -5.73. The molecule has 1 heterocycles. The number of carboxylic acid groups (broad SMARTS) is 1. The number of hydrogen-bond acceptors (Lipinski definition) is 5. The number of carboxylic acids is 1. The average Bonchev–Trinajstić information content (AvgIpc) is 3.04. The van der Waals surface area contributed by atoms with Gasteiger partial charge in [0, 0.05) is 6.42 Å². The molecule has 0 radical (unpaired) electrons. The molecule has 1 unspecified atom stereocenters. The first-order valence-corrected chi connectivity index (χ1v) is 8.94. The number of nitrogens with zero attached hydrogens (tertiary/aromatic N) is 3. The van der Waals surface area contributed by atoms with Crippen LogP contribution in [0.1, 0.15) is 44.6 Å². The molecule has 2 aromatic rings. The highest BCUT2D eigenvalue weighted by Crippen LogP contribution is 2.37. The lowest BCUT2D eigenvalue weighted by atomic mass is 10.1. The number of aromatic nitrogens is 2. The SMILES string of the molecule is CC.CC.NC(Cc1c([N+](=O)[O-])c(C(F)(F)F)nn1Cc1ccccc1)C(=O)O. The second kappa shape index (κ2) is 11.8. The molecule has 2 rings (SSSR count). The highest BCUT2D eigenvalue weighted by molar-refractivity contribution is 5.73. The van der Waals surface area contributed by atoms with Crippen molar-refractivity contribution >= 4 is 11.7 Å². The number of benzene rings is 1. The first-order chi connectivity index (χ1) is 13.6. The third-order valence-electron chi connectivity index (χ3n) is 3.39. The largest absolute Gasteiger partial charge is 0.480 e. The molecular formula is C18H25F3N4O4. The van der Waals surface area contributed by atoms with Crippen LogP contribution in [0.15, 0.2) is 30.3 Å². The van der Waals surface area contributed by atoms with Crippen LogP contribution in [0.2, 0.25) is 0 Å². The summed E-state index contributed by atoms with van der Waals surface area (Å²) < 4.78 is 40.1. The van der Waals surface area contributed by atoms with Crippen LogP contribution in [0, 0.1) is 10.1 Å². The fraction of sp³-hybridized carbons (Fsp3) is 0.444. The Bertz CT molecular complexity index is 792. The number of nitrogens with two attached hydrogens (primary N) is 1. The summed E-state index contributed by atoms with van der Waals surface area (Å²) in [5.41, 5.74) is 2.45. The zero-order chi connectivity index (χ0) is 22.8. The summed E-state index contributed by atoms with van der Waals surface area (Å²) in [6, 6.07) is 6.56. The molecule has 0 spiro atoms. The normalized spacial score (nSPS) is 11.4. The van der Waals surface area contributed by atoms with E-state index in [9.17, 15) is 28.1 Å². The molecule has 1 atom stereocenters. The predicted octanol–water partition coefficient (Wildman–Crippen LogP) is 3.87. The Hall–Kier alpha value is -2.95. The van der Waals surface area contributed by atoms with Gasteiger partial charge in [0.2, 0.25) is 5.69 Å². The smallest absolute Gasteiger partial charge is 0.442 e. The lowest BCUT2D eigenvalue weighted by molar-refractivity contribution is -0.388. The van der Waals surface area contributed by atoms with E-state index in [-0.39, 0.29) is 6.54 Å². The molecule has 0 fully saturated rings. The molecule has 3 N–H and O–H groups in total. The number of hydrogen-bond donors (Lipinski definition) is 2. The number of halogens is 3. The van der Waals surface area contributed by atoms with Crippen molar-refractivity contribution in [2.75, 3.05) is 0 Å². The number of nitro groups is 1. The van der Waals surface area contributed by atoms with E-state index < -0.39 is 46.6 Å². The molecular weight excluding hydrogens is 393 g/mol. The molecule has 162 valence electrons. The van der Waals surface area contributed by atoms with E-state index in [1.807, 2.05) is 27.7 Å². The van der Waals surface area contributed by atoms with Gasteiger partial charge in [0.15, 0.2) is 0 Å². The highest BCUT2D eigenvalue weighted by atomic mass is 19.4. The average molecular weight is 418 g/mol. The summed E-state index contributed by atoms with van der Waals surface area (Å²) in [5, 5.41) is 23.4. The highest BCUT2D eigenvalue weighted by Gasteiger charge is 2.45. The molecule has 0 saturated carbocycles. The van der Waals surface area contributed by atoms with E-state index in [4.69, 9.17) is 10.8 Å². The Kier molecular flexibility index (Phi) is 10.6. The Balaban J connectivity index is 0.00000184. The van der Waals surface area contributed by atoms with Gasteiger partial charge in [-0.05, 0) is 5.56 Å². The quantitative estimate of drug-likeness (QED) is 0.542. The maximum absolute atomic E-state index is 13.1. The third kappa shape index (κ3) is 7.18. The van der Waals surface area contributed by atoms with Gasteiger partial charge in [-0.3, -0.25) is 19.6 Å². The Labute approximate surface area is 166 Å². The summed E-state index contributed by atoms with van der Waals surface area (Å²) in [7, 11) is 0. The second-order valence-electron chi connectivity index (χ2n) is 5.19. The van der Waals surface area contributed by atoms with Crippen LogP contribution in [-0.4, -0.2) is 31.8 Å². The summed E-state index contributed by atoms with van der Waals surface area (Å²) in [5.74, 6) is -1.49. The van der Waals surface area contributed by atoms with Crippen molar-refractivity contribution in [3.05, 3.63) is 57.4 Å². The van der Waals surface area contributed by atoms with Crippen LogP contribution in [0.5, 0.6) is 0 Å². The number of carbonyl (C=O) groups is 1. The molecule has 8 nitrogen and oxygen atoms in total. The maximum Gasteiger partial charge on any atom is 0.442 e. The molecule has 0 bridgehead atoms. The minimum atomic E-state index is -5.06. The topological polar surface area (TPSA) is 124 Å². The van der Waals surface area contributed by atoms with E-state index in [0.29, 0.717) is 5.56 Å². The standard InChI is InChI=1S/C14H13F3N4O4.2C2H6/c15-14(16,17)12-11(21(24)25)10(6-9(18)13(22)23)20(19-12)7-8-4-2-1-3-5-8;2*1-2/h1-5,9H,6-7,18H2,(H,22,23);2*1-2H3. The van der Waals surface area contributed by atoms with E-state index in [1.54, 1.807) is 30.3 Å². The van der Waals surface area contributed by atoms with Crippen LogP contribution in [0.4, 0.5) is 18.9 Å². The van der Waals surface area contributed by atoms with Crippen molar-refractivity contribution in [3.63, 3.8) is 0 Å². The Morgan fingerprint density at radius 2 is 1.76 bits per heavy atom. The fourth-order valence-electron chi connectivity index (χ4n) is 2.25. The molecule has 0 amide bonds. The lowest BCUT2D eigenvalue weighted by Gasteiger charge is -2.09. The van der Waals surface area contributed by atoms with Crippen LogP contribution in [0.25, 0.3) is 0 Å². The number of aliphatic carboxylic acids is 1. The van der Waals surface area contributed by atoms with Crippen molar-refractivity contribution in [1.82, 2.24) is 9.78 Å². The Morgan fingerprint density at radius 3 is 2.17 bits per heavy atom. The number of alkyl halides is 3. The van der Waals surface area contributed by atoms with Crippen molar-refractivity contribution in [2.45, 2.75) is 52.9 Å². The minimum absolute atomic E-state index is 0.195. The molecule has 1 aromatic carbocycles. The van der Waals surface area contributed by atoms with Gasteiger partial charge in [0.1, 0.15) is 11.7 Å². The zero-order valence-corrected chi connectivity index (χ0v) is 16.6. The van der Waals surface area contributed by atoms with E-state index in [0.717, 1.165) is 4.68 Å². The van der Waals surface area contributed by atoms with Gasteiger partial charge in [-0.25, -0.2) is 0 Å². The van der Waals surface area contributed by atoms with Crippen molar-refractivity contribution in [1.29, 1.82) is 0 Å². The fourth-order valence-corrected chi connectivity index (χ4v) is 2.25. The van der Waals surface area contributed by atoms with Crippen LogP contribution in [0.3, 0.4) is 0 Å². The first-order valence-electron chi connectivity index (χ1n) is 8.94. The van der Waals surface area contributed by atoms with E-state index >= 15 is 0 Å².